The molecule has 6 nitrogen and oxygen atoms in total. The van der Waals surface area contributed by atoms with Crippen molar-refractivity contribution in [2.24, 2.45) is 0 Å². The number of benzene rings is 1. The van der Waals surface area contributed by atoms with Gasteiger partial charge in [0.2, 0.25) is 15.9 Å². The van der Waals surface area contributed by atoms with E-state index < -0.39 is 10.0 Å². The third kappa shape index (κ3) is 5.94. The SMILES string of the molecule is CCCNC(=O)CCNS(=O)(=O)c1ccc(CC#N)cc1. The molecular weight excluding hydrogens is 290 g/mol. The molecule has 2 N–H and O–H groups in total. The maximum absolute atomic E-state index is 12.0. The van der Waals surface area contributed by atoms with Crippen LogP contribution in [0, 0.1) is 11.3 Å². The lowest BCUT2D eigenvalue weighted by molar-refractivity contribution is -0.120. The zero-order chi connectivity index (χ0) is 15.7. The first kappa shape index (κ1) is 17.1. The molecule has 0 spiro atoms. The van der Waals surface area contributed by atoms with Gasteiger partial charge in [0.1, 0.15) is 0 Å². The summed E-state index contributed by atoms with van der Waals surface area (Å²) in [6.07, 6.45) is 1.18. The van der Waals surface area contributed by atoms with E-state index in [0.29, 0.717) is 6.54 Å². The van der Waals surface area contributed by atoms with E-state index in [1.807, 2.05) is 13.0 Å². The van der Waals surface area contributed by atoms with Crippen LogP contribution in [-0.4, -0.2) is 27.4 Å². The molecule has 0 heterocycles. The summed E-state index contributed by atoms with van der Waals surface area (Å²) < 4.78 is 26.4. The van der Waals surface area contributed by atoms with Crippen molar-refractivity contribution in [1.29, 1.82) is 5.26 Å². The van der Waals surface area contributed by atoms with Gasteiger partial charge in [0.05, 0.1) is 17.4 Å². The number of carbonyl (C=O) groups excluding carboxylic acids is 1. The van der Waals surface area contributed by atoms with Crippen molar-refractivity contribution < 1.29 is 13.2 Å². The summed E-state index contributed by atoms with van der Waals surface area (Å²) in [5.41, 5.74) is 0.760. The zero-order valence-corrected chi connectivity index (χ0v) is 12.7. The van der Waals surface area contributed by atoms with E-state index in [4.69, 9.17) is 5.26 Å². The van der Waals surface area contributed by atoms with Crippen molar-refractivity contribution in [2.75, 3.05) is 13.1 Å². The first-order valence-corrected chi connectivity index (χ1v) is 8.20. The van der Waals surface area contributed by atoms with E-state index in [1.165, 1.54) is 12.1 Å². The van der Waals surface area contributed by atoms with Crippen molar-refractivity contribution in [3.63, 3.8) is 0 Å². The highest BCUT2D eigenvalue weighted by Gasteiger charge is 2.13. The van der Waals surface area contributed by atoms with E-state index in [2.05, 4.69) is 10.0 Å². The topological polar surface area (TPSA) is 99.1 Å². The van der Waals surface area contributed by atoms with Gasteiger partial charge in [-0.1, -0.05) is 19.1 Å². The highest BCUT2D eigenvalue weighted by Crippen LogP contribution is 2.10. The third-order valence-electron chi connectivity index (χ3n) is 2.73. The minimum atomic E-state index is -3.62. The summed E-state index contributed by atoms with van der Waals surface area (Å²) in [4.78, 5) is 11.5. The molecular formula is C14H19N3O3S. The number of amides is 1. The molecule has 0 saturated heterocycles. The van der Waals surface area contributed by atoms with E-state index in [1.54, 1.807) is 12.1 Å². The van der Waals surface area contributed by atoms with Crippen molar-refractivity contribution in [1.82, 2.24) is 10.0 Å². The highest BCUT2D eigenvalue weighted by molar-refractivity contribution is 7.89. The van der Waals surface area contributed by atoms with Gasteiger partial charge in [-0.2, -0.15) is 5.26 Å². The van der Waals surface area contributed by atoms with Crippen LogP contribution in [0.25, 0.3) is 0 Å². The summed E-state index contributed by atoms with van der Waals surface area (Å²) in [6, 6.07) is 8.10. The molecule has 7 heteroatoms. The fourth-order valence-corrected chi connectivity index (χ4v) is 2.64. The first-order chi connectivity index (χ1) is 9.99. The Morgan fingerprint density at radius 2 is 1.90 bits per heavy atom. The van der Waals surface area contributed by atoms with Crippen LogP contribution in [0.3, 0.4) is 0 Å². The van der Waals surface area contributed by atoms with Crippen molar-refractivity contribution in [2.45, 2.75) is 31.1 Å². The molecule has 1 aromatic rings. The Hall–Kier alpha value is -1.91. The first-order valence-electron chi connectivity index (χ1n) is 6.72. The third-order valence-corrected chi connectivity index (χ3v) is 4.21. The maximum Gasteiger partial charge on any atom is 0.240 e. The van der Waals surface area contributed by atoms with Crippen LogP contribution in [0.1, 0.15) is 25.3 Å². The minimum absolute atomic E-state index is 0.0534. The molecule has 0 unspecified atom stereocenters. The summed E-state index contributed by atoms with van der Waals surface area (Å²) in [5.74, 6) is -0.177. The van der Waals surface area contributed by atoms with Gasteiger partial charge in [-0.15, -0.1) is 0 Å². The Morgan fingerprint density at radius 3 is 2.48 bits per heavy atom. The molecule has 0 aliphatic rings. The molecule has 1 rings (SSSR count). The number of nitrogens with zero attached hydrogens (tertiary/aromatic N) is 1. The molecule has 21 heavy (non-hydrogen) atoms. The molecule has 0 aromatic heterocycles. The fourth-order valence-electron chi connectivity index (χ4n) is 1.61. The monoisotopic (exact) mass is 309 g/mol. The normalized spacial score (nSPS) is 10.9. The van der Waals surface area contributed by atoms with E-state index >= 15 is 0 Å². The minimum Gasteiger partial charge on any atom is -0.356 e. The molecule has 0 bridgehead atoms. The molecule has 0 fully saturated rings. The van der Waals surface area contributed by atoms with Crippen molar-refractivity contribution >= 4 is 15.9 Å². The molecule has 0 saturated carbocycles. The van der Waals surface area contributed by atoms with Gasteiger partial charge in [-0.05, 0) is 24.1 Å². The summed E-state index contributed by atoms with van der Waals surface area (Å²) in [7, 11) is -3.62. The molecule has 114 valence electrons. The Labute approximate surface area is 125 Å². The van der Waals surface area contributed by atoms with Crippen molar-refractivity contribution in [3.05, 3.63) is 29.8 Å². The largest absolute Gasteiger partial charge is 0.356 e. The Morgan fingerprint density at radius 1 is 1.24 bits per heavy atom. The lowest BCUT2D eigenvalue weighted by atomic mass is 10.2. The van der Waals surface area contributed by atoms with Crippen molar-refractivity contribution in [3.8, 4) is 6.07 Å². The highest BCUT2D eigenvalue weighted by atomic mass is 32.2. The number of sulfonamides is 1. The zero-order valence-electron chi connectivity index (χ0n) is 11.9. The van der Waals surface area contributed by atoms with Gasteiger partial charge >= 0.3 is 0 Å². The van der Waals surface area contributed by atoms with Crippen LogP contribution in [0.15, 0.2) is 29.2 Å². The van der Waals surface area contributed by atoms with Gasteiger partial charge < -0.3 is 5.32 Å². The van der Waals surface area contributed by atoms with Crippen LogP contribution >= 0.6 is 0 Å². The van der Waals surface area contributed by atoms with Gasteiger partial charge in [0.15, 0.2) is 0 Å². The lowest BCUT2D eigenvalue weighted by Crippen LogP contribution is -2.31. The predicted octanol–water partition coefficient (Wildman–Crippen LogP) is 0.947. The number of rotatable bonds is 8. The van der Waals surface area contributed by atoms with Crippen LogP contribution in [0.5, 0.6) is 0 Å². The summed E-state index contributed by atoms with van der Waals surface area (Å²) >= 11 is 0. The molecule has 1 aromatic carbocycles. The van der Waals surface area contributed by atoms with Crippen LogP contribution in [0.4, 0.5) is 0 Å². The van der Waals surface area contributed by atoms with E-state index in [9.17, 15) is 13.2 Å². The van der Waals surface area contributed by atoms with Crippen LogP contribution < -0.4 is 10.0 Å². The Balaban J connectivity index is 2.53. The van der Waals surface area contributed by atoms with Crippen LogP contribution in [-0.2, 0) is 21.2 Å². The number of carbonyl (C=O) groups is 1. The number of nitriles is 1. The quantitative estimate of drug-likeness (QED) is 0.746. The van der Waals surface area contributed by atoms with Gasteiger partial charge in [-0.25, -0.2) is 13.1 Å². The second-order valence-electron chi connectivity index (χ2n) is 4.48. The lowest BCUT2D eigenvalue weighted by Gasteiger charge is -2.07. The van der Waals surface area contributed by atoms with E-state index in [-0.39, 0.29) is 30.2 Å². The van der Waals surface area contributed by atoms with Gasteiger partial charge in [0, 0.05) is 19.5 Å². The summed E-state index contributed by atoms with van der Waals surface area (Å²) in [6.45, 7) is 2.59. The van der Waals surface area contributed by atoms with Gasteiger partial charge in [0.25, 0.3) is 0 Å². The second-order valence-corrected chi connectivity index (χ2v) is 6.24. The maximum atomic E-state index is 12.0. The van der Waals surface area contributed by atoms with E-state index in [0.717, 1.165) is 12.0 Å². The number of hydrogen-bond donors (Lipinski definition) is 2. The standard InChI is InChI=1S/C14H19N3O3S/c1-2-10-16-14(18)8-11-17-21(19,20)13-5-3-12(4-6-13)7-9-15/h3-6,17H,2,7-8,10-11H2,1H3,(H,16,18). The fraction of sp³-hybridized carbons (Fsp3) is 0.429. The molecule has 0 aliphatic carbocycles. The predicted molar refractivity (Wildman–Crippen MR) is 78.9 cm³/mol. The average Bonchev–Trinajstić information content (AvgIpc) is 2.46. The number of nitrogens with one attached hydrogen (secondary N) is 2. The Kier molecular flexibility index (Phi) is 6.85. The average molecular weight is 309 g/mol. The number of hydrogen-bond acceptors (Lipinski definition) is 4. The molecule has 0 atom stereocenters. The summed E-state index contributed by atoms with van der Waals surface area (Å²) in [5, 5.41) is 11.2. The van der Waals surface area contributed by atoms with Gasteiger partial charge in [-0.3, -0.25) is 4.79 Å². The smallest absolute Gasteiger partial charge is 0.240 e. The molecule has 1 amide bonds. The second kappa shape index (κ2) is 8.39. The van der Waals surface area contributed by atoms with Crippen LogP contribution in [0.2, 0.25) is 0 Å². The molecule has 0 radical (unpaired) electrons. The molecule has 0 aliphatic heterocycles. The Bertz CT molecular complexity index is 603.